The van der Waals surface area contributed by atoms with Gasteiger partial charge in [0, 0.05) is 36.4 Å². The lowest BCUT2D eigenvalue weighted by Gasteiger charge is -2.17. The van der Waals surface area contributed by atoms with Crippen LogP contribution in [0.1, 0.15) is 6.42 Å². The van der Waals surface area contributed by atoms with Gasteiger partial charge in [-0.05, 0) is 42.5 Å². The molecule has 0 radical (unpaired) electrons. The van der Waals surface area contributed by atoms with Crippen LogP contribution < -0.4 is 20.3 Å². The van der Waals surface area contributed by atoms with Crippen molar-refractivity contribution in [3.63, 3.8) is 0 Å². The molecule has 2 aromatic carbocycles. The zero-order chi connectivity index (χ0) is 20.1. The average Bonchev–Trinajstić information content (AvgIpc) is 3.08. The van der Waals surface area contributed by atoms with Crippen LogP contribution in [0.3, 0.4) is 0 Å². The van der Waals surface area contributed by atoms with Gasteiger partial charge in [0.25, 0.3) is 5.91 Å². The van der Waals surface area contributed by atoms with E-state index in [0.717, 1.165) is 0 Å². The Morgan fingerprint density at radius 3 is 2.64 bits per heavy atom. The molecule has 8 heteroatoms. The summed E-state index contributed by atoms with van der Waals surface area (Å²) in [4.78, 5) is 37.4. The van der Waals surface area contributed by atoms with Gasteiger partial charge >= 0.3 is 0 Å². The Morgan fingerprint density at radius 1 is 1.21 bits per heavy atom. The molecule has 0 bridgehead atoms. The number of anilines is 2. The SMILES string of the molecule is CNC(=O)[C@@H]1CC(=O)N(c2ccc(OCC(=O)Nc3cccc(Cl)c3)cc2)C1. The molecule has 1 heterocycles. The zero-order valence-corrected chi connectivity index (χ0v) is 16.0. The van der Waals surface area contributed by atoms with Crippen LogP contribution in [0.25, 0.3) is 0 Å². The highest BCUT2D eigenvalue weighted by Crippen LogP contribution is 2.27. The average molecular weight is 402 g/mol. The van der Waals surface area contributed by atoms with Crippen molar-refractivity contribution in [2.24, 2.45) is 5.92 Å². The number of halogens is 1. The van der Waals surface area contributed by atoms with Crippen molar-refractivity contribution in [3.05, 3.63) is 53.6 Å². The number of rotatable bonds is 6. The highest BCUT2D eigenvalue weighted by Gasteiger charge is 2.34. The molecule has 1 atom stereocenters. The summed E-state index contributed by atoms with van der Waals surface area (Å²) in [6.07, 6.45) is 0.196. The maximum atomic E-state index is 12.2. The second-order valence-electron chi connectivity index (χ2n) is 6.36. The molecule has 2 N–H and O–H groups in total. The van der Waals surface area contributed by atoms with E-state index < -0.39 is 0 Å². The molecule has 0 aromatic heterocycles. The lowest BCUT2D eigenvalue weighted by Crippen LogP contribution is -2.30. The number of ether oxygens (including phenoxy) is 1. The molecule has 28 heavy (non-hydrogen) atoms. The van der Waals surface area contributed by atoms with Crippen LogP contribution in [-0.2, 0) is 14.4 Å². The molecule has 1 aliphatic heterocycles. The Kier molecular flexibility index (Phi) is 6.16. The van der Waals surface area contributed by atoms with Crippen LogP contribution in [-0.4, -0.2) is 37.9 Å². The van der Waals surface area contributed by atoms with Crippen molar-refractivity contribution in [2.45, 2.75) is 6.42 Å². The van der Waals surface area contributed by atoms with Gasteiger partial charge in [0.05, 0.1) is 5.92 Å². The van der Waals surface area contributed by atoms with Crippen LogP contribution >= 0.6 is 11.6 Å². The second kappa shape index (κ2) is 8.75. The molecule has 146 valence electrons. The first kappa shape index (κ1) is 19.7. The molecule has 1 fully saturated rings. The van der Waals surface area contributed by atoms with E-state index in [1.54, 1.807) is 60.5 Å². The summed E-state index contributed by atoms with van der Waals surface area (Å²) in [5, 5.41) is 5.80. The minimum Gasteiger partial charge on any atom is -0.484 e. The fourth-order valence-corrected chi connectivity index (χ4v) is 3.16. The first-order valence-corrected chi connectivity index (χ1v) is 9.14. The van der Waals surface area contributed by atoms with E-state index in [9.17, 15) is 14.4 Å². The number of carbonyl (C=O) groups is 3. The molecule has 0 unspecified atom stereocenters. The molecule has 0 aliphatic carbocycles. The first-order chi connectivity index (χ1) is 13.5. The molecular formula is C20H20ClN3O4. The van der Waals surface area contributed by atoms with Gasteiger partial charge in [-0.3, -0.25) is 14.4 Å². The van der Waals surface area contributed by atoms with E-state index in [0.29, 0.717) is 28.7 Å². The number of carbonyl (C=O) groups excluding carboxylic acids is 3. The highest BCUT2D eigenvalue weighted by atomic mass is 35.5. The predicted molar refractivity (Wildman–Crippen MR) is 107 cm³/mol. The fourth-order valence-electron chi connectivity index (χ4n) is 2.97. The minimum atomic E-state index is -0.344. The predicted octanol–water partition coefficient (Wildman–Crippen LogP) is 2.46. The third-order valence-electron chi connectivity index (χ3n) is 4.37. The molecule has 7 nitrogen and oxygen atoms in total. The van der Waals surface area contributed by atoms with Crippen molar-refractivity contribution in [2.75, 3.05) is 30.4 Å². The highest BCUT2D eigenvalue weighted by molar-refractivity contribution is 6.30. The molecule has 3 rings (SSSR count). The maximum Gasteiger partial charge on any atom is 0.262 e. The van der Waals surface area contributed by atoms with Gasteiger partial charge in [-0.15, -0.1) is 0 Å². The number of hydrogen-bond donors (Lipinski definition) is 2. The zero-order valence-electron chi connectivity index (χ0n) is 15.3. The maximum absolute atomic E-state index is 12.2. The number of benzene rings is 2. The number of hydrogen-bond acceptors (Lipinski definition) is 4. The summed E-state index contributed by atoms with van der Waals surface area (Å²) in [7, 11) is 1.56. The molecular weight excluding hydrogens is 382 g/mol. The Balaban J connectivity index is 1.54. The van der Waals surface area contributed by atoms with Crippen LogP contribution in [0.15, 0.2) is 48.5 Å². The Hall–Kier alpha value is -3.06. The van der Waals surface area contributed by atoms with Crippen LogP contribution in [0, 0.1) is 5.92 Å². The smallest absolute Gasteiger partial charge is 0.262 e. The Morgan fingerprint density at radius 2 is 1.96 bits per heavy atom. The lowest BCUT2D eigenvalue weighted by molar-refractivity contribution is -0.125. The van der Waals surface area contributed by atoms with Gasteiger partial charge in [-0.1, -0.05) is 17.7 Å². The Labute approximate surface area is 167 Å². The van der Waals surface area contributed by atoms with Crippen molar-refractivity contribution >= 4 is 40.7 Å². The third-order valence-corrected chi connectivity index (χ3v) is 4.60. The largest absolute Gasteiger partial charge is 0.484 e. The summed E-state index contributed by atoms with van der Waals surface area (Å²) in [5.41, 5.74) is 1.28. The summed E-state index contributed by atoms with van der Waals surface area (Å²) in [6.45, 7) is 0.188. The molecule has 0 saturated carbocycles. The molecule has 2 aromatic rings. The second-order valence-corrected chi connectivity index (χ2v) is 6.80. The summed E-state index contributed by atoms with van der Waals surface area (Å²) < 4.78 is 5.48. The summed E-state index contributed by atoms with van der Waals surface area (Å²) in [5.74, 6) is -0.387. The molecule has 1 aliphatic rings. The topological polar surface area (TPSA) is 87.7 Å². The van der Waals surface area contributed by atoms with E-state index in [4.69, 9.17) is 16.3 Å². The van der Waals surface area contributed by atoms with E-state index in [1.165, 1.54) is 0 Å². The van der Waals surface area contributed by atoms with Gasteiger partial charge in [-0.2, -0.15) is 0 Å². The monoisotopic (exact) mass is 401 g/mol. The lowest BCUT2D eigenvalue weighted by atomic mass is 10.1. The van der Waals surface area contributed by atoms with E-state index in [-0.39, 0.29) is 36.7 Å². The van der Waals surface area contributed by atoms with Crippen molar-refractivity contribution in [3.8, 4) is 5.75 Å². The molecule has 3 amide bonds. The standard InChI is InChI=1S/C20H20ClN3O4/c1-22-20(27)13-9-19(26)24(11-13)16-5-7-17(8-6-16)28-12-18(25)23-15-4-2-3-14(21)10-15/h2-8,10,13H,9,11-12H2,1H3,(H,22,27)(H,23,25)/t13-/m1/s1. The number of amides is 3. The molecule has 1 saturated heterocycles. The van der Waals surface area contributed by atoms with Crippen molar-refractivity contribution < 1.29 is 19.1 Å². The summed E-state index contributed by atoms with van der Waals surface area (Å²) in [6, 6.07) is 13.7. The minimum absolute atomic E-state index is 0.0943. The number of nitrogens with one attached hydrogen (secondary N) is 2. The summed E-state index contributed by atoms with van der Waals surface area (Å²) >= 11 is 5.88. The van der Waals surface area contributed by atoms with Crippen LogP contribution in [0.4, 0.5) is 11.4 Å². The van der Waals surface area contributed by atoms with Gasteiger partial charge in [0.15, 0.2) is 6.61 Å². The van der Waals surface area contributed by atoms with Crippen molar-refractivity contribution in [1.29, 1.82) is 0 Å². The van der Waals surface area contributed by atoms with Gasteiger partial charge in [0.2, 0.25) is 11.8 Å². The van der Waals surface area contributed by atoms with Gasteiger partial charge < -0.3 is 20.3 Å². The molecule has 0 spiro atoms. The van der Waals surface area contributed by atoms with E-state index >= 15 is 0 Å². The number of nitrogens with zero attached hydrogens (tertiary/aromatic N) is 1. The first-order valence-electron chi connectivity index (χ1n) is 8.76. The van der Waals surface area contributed by atoms with Gasteiger partial charge in [0.1, 0.15) is 5.75 Å². The van der Waals surface area contributed by atoms with E-state index in [1.807, 2.05) is 0 Å². The fraction of sp³-hybridized carbons (Fsp3) is 0.250. The van der Waals surface area contributed by atoms with Crippen LogP contribution in [0.5, 0.6) is 5.75 Å². The quantitative estimate of drug-likeness (QED) is 0.778. The normalized spacial score (nSPS) is 16.0. The Bertz CT molecular complexity index is 885. The van der Waals surface area contributed by atoms with E-state index in [2.05, 4.69) is 10.6 Å². The van der Waals surface area contributed by atoms with Gasteiger partial charge in [-0.25, -0.2) is 0 Å². The van der Waals surface area contributed by atoms with Crippen LogP contribution in [0.2, 0.25) is 5.02 Å². The third kappa shape index (κ3) is 4.80. The van der Waals surface area contributed by atoms with Crippen molar-refractivity contribution in [1.82, 2.24) is 5.32 Å².